The SMILES string of the molecule is [N-]=[N+]=NCCO[C@H]1O[C@H](CO)[C@@H](O)[C@H](O[C@@H]2O[C@H](CO)[C@@H](O)[C@H](O)[C@@H]2O)[C@@H]1O. The van der Waals surface area contributed by atoms with E-state index in [-0.39, 0.29) is 13.2 Å². The van der Waals surface area contributed by atoms with Crippen LogP contribution in [0.15, 0.2) is 5.11 Å². The quantitative estimate of drug-likeness (QED) is 0.0879. The van der Waals surface area contributed by atoms with Crippen LogP contribution in [-0.2, 0) is 18.9 Å². The van der Waals surface area contributed by atoms with Gasteiger partial charge in [-0.15, -0.1) is 0 Å². The van der Waals surface area contributed by atoms with Crippen LogP contribution in [0, 0.1) is 0 Å². The molecule has 162 valence electrons. The lowest BCUT2D eigenvalue weighted by atomic mass is 9.97. The van der Waals surface area contributed by atoms with Crippen LogP contribution in [-0.4, -0.2) is 124 Å². The summed E-state index contributed by atoms with van der Waals surface area (Å²) >= 11 is 0. The summed E-state index contributed by atoms with van der Waals surface area (Å²) in [6, 6.07) is 0. The van der Waals surface area contributed by atoms with Crippen LogP contribution in [0.4, 0.5) is 0 Å². The molecule has 0 aromatic rings. The largest absolute Gasteiger partial charge is 0.394 e. The first-order chi connectivity index (χ1) is 13.3. The molecule has 2 heterocycles. The Morgan fingerprint density at radius 1 is 0.821 bits per heavy atom. The van der Waals surface area contributed by atoms with Crippen LogP contribution in [0.1, 0.15) is 0 Å². The first kappa shape index (κ1) is 23.2. The third kappa shape index (κ3) is 5.07. The standard InChI is InChI=1S/C14H25N3O11/c15-17-16-1-2-25-13-11(24)12(8(21)6(4-19)26-13)28-14-10(23)9(22)7(20)5(3-18)27-14/h5-14,18-24H,1-4H2/t5-,6-,7-,8-,9+,10+,11+,12+,13+,14+/m1/s1. The Morgan fingerprint density at radius 2 is 1.43 bits per heavy atom. The maximum absolute atomic E-state index is 10.4. The normalized spacial score (nSPS) is 44.1. The van der Waals surface area contributed by atoms with Crippen LogP contribution in [0.5, 0.6) is 0 Å². The van der Waals surface area contributed by atoms with Crippen LogP contribution in [0.3, 0.4) is 0 Å². The van der Waals surface area contributed by atoms with Gasteiger partial charge in [0.15, 0.2) is 12.6 Å². The predicted molar refractivity (Wildman–Crippen MR) is 86.4 cm³/mol. The zero-order chi connectivity index (χ0) is 20.8. The summed E-state index contributed by atoms with van der Waals surface area (Å²) in [7, 11) is 0. The summed E-state index contributed by atoms with van der Waals surface area (Å²) in [6.45, 7) is -1.53. The lowest BCUT2D eigenvalue weighted by Gasteiger charge is -2.45. The Bertz CT molecular complexity index is 535. The molecule has 2 saturated heterocycles. The summed E-state index contributed by atoms with van der Waals surface area (Å²) in [5, 5.41) is 72.2. The first-order valence-electron chi connectivity index (χ1n) is 8.56. The Morgan fingerprint density at radius 3 is 2.04 bits per heavy atom. The van der Waals surface area contributed by atoms with Crippen molar-refractivity contribution in [2.45, 2.75) is 61.4 Å². The second kappa shape index (κ2) is 10.6. The van der Waals surface area contributed by atoms with Gasteiger partial charge in [0.05, 0.1) is 19.8 Å². The van der Waals surface area contributed by atoms with Gasteiger partial charge in [0.2, 0.25) is 0 Å². The van der Waals surface area contributed by atoms with Crippen LogP contribution < -0.4 is 0 Å². The number of aliphatic hydroxyl groups is 7. The summed E-state index contributed by atoms with van der Waals surface area (Å²) < 4.78 is 21.1. The number of hydrogen-bond acceptors (Lipinski definition) is 12. The van der Waals surface area contributed by atoms with Gasteiger partial charge in [0.25, 0.3) is 0 Å². The summed E-state index contributed by atoms with van der Waals surface area (Å²) in [5.41, 5.74) is 8.24. The van der Waals surface area contributed by atoms with Gasteiger partial charge < -0.3 is 54.7 Å². The van der Waals surface area contributed by atoms with E-state index in [4.69, 9.17) is 24.5 Å². The van der Waals surface area contributed by atoms with Gasteiger partial charge in [0, 0.05) is 11.5 Å². The fraction of sp³-hybridized carbons (Fsp3) is 1.00. The molecule has 14 heteroatoms. The zero-order valence-corrected chi connectivity index (χ0v) is 14.7. The minimum atomic E-state index is -1.75. The monoisotopic (exact) mass is 411 g/mol. The zero-order valence-electron chi connectivity index (χ0n) is 14.7. The van der Waals surface area contributed by atoms with E-state index in [1.54, 1.807) is 0 Å². The van der Waals surface area contributed by atoms with Crippen LogP contribution in [0.25, 0.3) is 10.4 Å². The second-order valence-electron chi connectivity index (χ2n) is 6.33. The molecule has 0 aromatic carbocycles. The highest BCUT2D eigenvalue weighted by Crippen LogP contribution is 2.29. The minimum Gasteiger partial charge on any atom is -0.394 e. The maximum atomic E-state index is 10.4. The Balaban J connectivity index is 2.10. The predicted octanol–water partition coefficient (Wildman–Crippen LogP) is -4.06. The van der Waals surface area contributed by atoms with Gasteiger partial charge in [-0.25, -0.2) is 0 Å². The van der Waals surface area contributed by atoms with E-state index < -0.39 is 74.6 Å². The number of rotatable bonds is 8. The molecular weight excluding hydrogens is 386 g/mol. The molecule has 0 saturated carbocycles. The van der Waals surface area contributed by atoms with Gasteiger partial charge >= 0.3 is 0 Å². The highest BCUT2D eigenvalue weighted by atomic mass is 16.7. The van der Waals surface area contributed by atoms with Gasteiger partial charge in [-0.2, -0.15) is 0 Å². The smallest absolute Gasteiger partial charge is 0.187 e. The van der Waals surface area contributed by atoms with Crippen molar-refractivity contribution >= 4 is 0 Å². The minimum absolute atomic E-state index is 0.0618. The molecule has 28 heavy (non-hydrogen) atoms. The van der Waals surface area contributed by atoms with Gasteiger partial charge in [0.1, 0.15) is 48.8 Å². The molecule has 0 bridgehead atoms. The molecule has 7 N–H and O–H groups in total. The molecule has 2 fully saturated rings. The number of hydrogen-bond donors (Lipinski definition) is 7. The fourth-order valence-corrected chi connectivity index (χ4v) is 2.94. The number of azide groups is 1. The molecular formula is C14H25N3O11. The fourth-order valence-electron chi connectivity index (χ4n) is 2.94. The molecule has 0 aromatic heterocycles. The van der Waals surface area contributed by atoms with Crippen molar-refractivity contribution in [3.05, 3.63) is 10.4 Å². The van der Waals surface area contributed by atoms with Gasteiger partial charge in [-0.05, 0) is 5.53 Å². The van der Waals surface area contributed by atoms with Crippen LogP contribution >= 0.6 is 0 Å². The lowest BCUT2D eigenvalue weighted by Crippen LogP contribution is -2.64. The highest BCUT2D eigenvalue weighted by molar-refractivity contribution is 4.94. The molecule has 0 radical (unpaired) electrons. The molecule has 2 rings (SSSR count). The average molecular weight is 411 g/mol. The molecule has 2 aliphatic heterocycles. The van der Waals surface area contributed by atoms with E-state index in [1.807, 2.05) is 0 Å². The lowest BCUT2D eigenvalue weighted by molar-refractivity contribution is -0.359. The first-order valence-corrected chi connectivity index (χ1v) is 8.56. The average Bonchev–Trinajstić information content (AvgIpc) is 2.69. The topological polar surface area (TPSA) is 227 Å². The number of aliphatic hydroxyl groups excluding tert-OH is 7. The Kier molecular flexibility index (Phi) is 8.76. The van der Waals surface area contributed by atoms with Gasteiger partial charge in [-0.1, -0.05) is 5.11 Å². The molecule has 0 unspecified atom stereocenters. The molecule has 0 spiro atoms. The van der Waals surface area contributed by atoms with Crippen molar-refractivity contribution in [2.75, 3.05) is 26.4 Å². The second-order valence-corrected chi connectivity index (χ2v) is 6.33. The Hall–Kier alpha value is -1.13. The summed E-state index contributed by atoms with van der Waals surface area (Å²) in [6.07, 6.45) is -15.2. The van der Waals surface area contributed by atoms with E-state index >= 15 is 0 Å². The van der Waals surface area contributed by atoms with E-state index in [9.17, 15) is 35.7 Å². The number of nitrogens with zero attached hydrogens (tertiary/aromatic N) is 3. The highest BCUT2D eigenvalue weighted by Gasteiger charge is 2.50. The molecule has 10 atom stereocenters. The third-order valence-corrected chi connectivity index (χ3v) is 4.50. The summed E-state index contributed by atoms with van der Waals surface area (Å²) in [4.78, 5) is 2.54. The van der Waals surface area contributed by atoms with Crippen molar-refractivity contribution in [1.82, 2.24) is 0 Å². The van der Waals surface area contributed by atoms with Crippen molar-refractivity contribution in [1.29, 1.82) is 0 Å². The van der Waals surface area contributed by atoms with E-state index in [0.29, 0.717) is 0 Å². The molecule has 0 aliphatic carbocycles. The van der Waals surface area contributed by atoms with E-state index in [0.717, 1.165) is 0 Å². The van der Waals surface area contributed by atoms with E-state index in [1.165, 1.54) is 0 Å². The molecule has 0 amide bonds. The van der Waals surface area contributed by atoms with Crippen molar-refractivity contribution < 1.29 is 54.7 Å². The van der Waals surface area contributed by atoms with Crippen LogP contribution in [0.2, 0.25) is 0 Å². The molecule has 2 aliphatic rings. The van der Waals surface area contributed by atoms with E-state index in [2.05, 4.69) is 10.0 Å². The molecule has 14 nitrogen and oxygen atoms in total. The summed E-state index contributed by atoms with van der Waals surface area (Å²) in [5.74, 6) is 0. The maximum Gasteiger partial charge on any atom is 0.187 e. The Labute approximate surface area is 159 Å². The van der Waals surface area contributed by atoms with Crippen molar-refractivity contribution in [3.8, 4) is 0 Å². The van der Waals surface area contributed by atoms with Crippen molar-refractivity contribution in [3.63, 3.8) is 0 Å². The van der Waals surface area contributed by atoms with Crippen molar-refractivity contribution in [2.24, 2.45) is 5.11 Å². The third-order valence-electron chi connectivity index (χ3n) is 4.50. The van der Waals surface area contributed by atoms with Gasteiger partial charge in [-0.3, -0.25) is 0 Å². The number of ether oxygens (including phenoxy) is 4.